The maximum Gasteiger partial charge on any atom is 0.252 e. The second kappa shape index (κ2) is 11.5. The molecule has 0 aliphatic heterocycles. The first-order valence-electron chi connectivity index (χ1n) is 11.9. The lowest BCUT2D eigenvalue weighted by Gasteiger charge is -2.11. The summed E-state index contributed by atoms with van der Waals surface area (Å²) in [6.07, 6.45) is 6.86. The van der Waals surface area contributed by atoms with Gasteiger partial charge in [0.1, 0.15) is 11.6 Å². The Labute approximate surface area is 201 Å². The van der Waals surface area contributed by atoms with Gasteiger partial charge in [-0.25, -0.2) is 4.98 Å². The van der Waals surface area contributed by atoms with E-state index in [2.05, 4.69) is 65.1 Å². The van der Waals surface area contributed by atoms with E-state index in [4.69, 9.17) is 9.72 Å². The van der Waals surface area contributed by atoms with E-state index < -0.39 is 0 Å². The highest BCUT2D eigenvalue weighted by Gasteiger charge is 2.11. The summed E-state index contributed by atoms with van der Waals surface area (Å²) in [7, 11) is 0. The number of benzene rings is 2. The van der Waals surface area contributed by atoms with Gasteiger partial charge in [0.05, 0.1) is 23.2 Å². The third-order valence-corrected chi connectivity index (χ3v) is 5.76. The fourth-order valence-corrected chi connectivity index (χ4v) is 4.19. The predicted molar refractivity (Wildman–Crippen MR) is 135 cm³/mol. The molecule has 0 aliphatic carbocycles. The summed E-state index contributed by atoms with van der Waals surface area (Å²) in [5.41, 5.74) is 5.20. The Hall–Kier alpha value is -3.67. The van der Waals surface area contributed by atoms with E-state index in [1.165, 1.54) is 11.1 Å². The van der Waals surface area contributed by atoms with Gasteiger partial charge < -0.3 is 14.6 Å². The van der Waals surface area contributed by atoms with Gasteiger partial charge in [-0.15, -0.1) is 0 Å². The van der Waals surface area contributed by atoms with E-state index in [1.807, 2.05) is 6.07 Å². The van der Waals surface area contributed by atoms with Crippen molar-refractivity contribution < 1.29 is 9.53 Å². The van der Waals surface area contributed by atoms with Crippen LogP contribution in [0.5, 0.6) is 5.75 Å². The largest absolute Gasteiger partial charge is 0.494 e. The number of amides is 1. The number of aromatic nitrogens is 3. The summed E-state index contributed by atoms with van der Waals surface area (Å²) in [5.74, 6) is 1.91. The van der Waals surface area contributed by atoms with Crippen LogP contribution >= 0.6 is 0 Å². The summed E-state index contributed by atoms with van der Waals surface area (Å²) < 4.78 is 8.29. The molecule has 0 saturated carbocycles. The van der Waals surface area contributed by atoms with E-state index in [9.17, 15) is 4.79 Å². The number of hydrogen-bond acceptors (Lipinski definition) is 4. The number of pyridine rings is 1. The molecule has 0 spiro atoms. The number of nitrogens with zero attached hydrogens (tertiary/aromatic N) is 3. The van der Waals surface area contributed by atoms with Crippen molar-refractivity contribution in [3.05, 3.63) is 89.5 Å². The number of aryl methyl sites for hydroxylation is 4. The molecule has 2 aromatic carbocycles. The van der Waals surface area contributed by atoms with Gasteiger partial charge in [-0.1, -0.05) is 18.2 Å². The van der Waals surface area contributed by atoms with Crippen LogP contribution in [0.15, 0.2) is 67.0 Å². The Morgan fingerprint density at radius 3 is 2.62 bits per heavy atom. The zero-order valence-corrected chi connectivity index (χ0v) is 20.0. The van der Waals surface area contributed by atoms with Gasteiger partial charge in [0, 0.05) is 31.9 Å². The Kier molecular flexibility index (Phi) is 7.91. The highest BCUT2D eigenvalue weighted by Crippen LogP contribution is 2.19. The van der Waals surface area contributed by atoms with Crippen molar-refractivity contribution in [2.45, 2.75) is 46.1 Å². The van der Waals surface area contributed by atoms with E-state index in [-0.39, 0.29) is 5.91 Å². The van der Waals surface area contributed by atoms with Gasteiger partial charge in [-0.3, -0.25) is 9.78 Å². The van der Waals surface area contributed by atoms with Gasteiger partial charge in [0.15, 0.2) is 0 Å². The number of rotatable bonds is 11. The first-order chi connectivity index (χ1) is 16.6. The molecule has 0 atom stereocenters. The Morgan fingerprint density at radius 1 is 1.00 bits per heavy atom. The van der Waals surface area contributed by atoms with Crippen molar-refractivity contribution in [3.63, 3.8) is 0 Å². The third-order valence-electron chi connectivity index (χ3n) is 5.76. The Morgan fingerprint density at radius 2 is 1.82 bits per heavy atom. The molecule has 0 aliphatic rings. The Balaban J connectivity index is 1.29. The van der Waals surface area contributed by atoms with Crippen molar-refractivity contribution in [3.8, 4) is 5.75 Å². The molecule has 0 saturated heterocycles. The van der Waals surface area contributed by atoms with Crippen LogP contribution in [0.2, 0.25) is 0 Å². The topological polar surface area (TPSA) is 69.0 Å². The number of nitrogens with one attached hydrogen (secondary N) is 1. The van der Waals surface area contributed by atoms with Crippen molar-refractivity contribution in [1.82, 2.24) is 19.9 Å². The van der Waals surface area contributed by atoms with Crippen LogP contribution in [0.3, 0.4) is 0 Å². The maximum atomic E-state index is 12.2. The van der Waals surface area contributed by atoms with Crippen molar-refractivity contribution >= 4 is 16.9 Å². The van der Waals surface area contributed by atoms with E-state index in [0.29, 0.717) is 18.7 Å². The molecule has 4 aromatic rings. The first kappa shape index (κ1) is 23.5. The molecular formula is C28H32N4O2. The number of ether oxygens (including phenoxy) is 1. The van der Waals surface area contributed by atoms with Crippen molar-refractivity contribution in [1.29, 1.82) is 0 Å². The van der Waals surface area contributed by atoms with Crippen molar-refractivity contribution in [2.75, 3.05) is 13.2 Å². The van der Waals surface area contributed by atoms with Crippen LogP contribution in [0.4, 0.5) is 0 Å². The van der Waals surface area contributed by atoms with Crippen LogP contribution in [-0.2, 0) is 13.0 Å². The van der Waals surface area contributed by atoms with Crippen LogP contribution in [-0.4, -0.2) is 33.6 Å². The highest BCUT2D eigenvalue weighted by atomic mass is 16.5. The minimum Gasteiger partial charge on any atom is -0.494 e. The molecule has 0 unspecified atom stereocenters. The molecule has 34 heavy (non-hydrogen) atoms. The number of fused-ring (bicyclic) bond motifs is 1. The summed E-state index contributed by atoms with van der Waals surface area (Å²) in [5, 5.41) is 2.97. The molecule has 2 aromatic heterocycles. The molecule has 2 heterocycles. The number of para-hydroxylation sites is 2. The van der Waals surface area contributed by atoms with E-state index in [0.717, 1.165) is 54.8 Å². The SMILES string of the molecule is Cc1cc(C)cc(OCCCCn2c(CCCNC(=O)c3cccnc3)nc3ccccc32)c1. The van der Waals surface area contributed by atoms with Crippen molar-refractivity contribution in [2.24, 2.45) is 0 Å². The van der Waals surface area contributed by atoms with Crippen LogP contribution < -0.4 is 10.1 Å². The first-order valence-corrected chi connectivity index (χ1v) is 11.9. The molecule has 6 heteroatoms. The average Bonchev–Trinajstić information content (AvgIpc) is 3.19. The molecular weight excluding hydrogens is 424 g/mol. The molecule has 0 bridgehead atoms. The van der Waals surface area contributed by atoms with Gasteiger partial charge in [0.2, 0.25) is 0 Å². The van der Waals surface area contributed by atoms with E-state index >= 15 is 0 Å². The minimum atomic E-state index is -0.0922. The fraction of sp³-hybridized carbons (Fsp3) is 0.321. The summed E-state index contributed by atoms with van der Waals surface area (Å²) in [6.45, 7) is 6.38. The molecule has 176 valence electrons. The molecule has 0 fully saturated rings. The predicted octanol–water partition coefficient (Wildman–Crippen LogP) is 5.27. The smallest absolute Gasteiger partial charge is 0.252 e. The molecule has 1 amide bonds. The molecule has 1 N–H and O–H groups in total. The maximum absolute atomic E-state index is 12.2. The summed E-state index contributed by atoms with van der Waals surface area (Å²) >= 11 is 0. The third kappa shape index (κ3) is 6.22. The van der Waals surface area contributed by atoms with Gasteiger partial charge in [0.25, 0.3) is 5.91 Å². The monoisotopic (exact) mass is 456 g/mol. The summed E-state index contributed by atoms with van der Waals surface area (Å²) in [4.78, 5) is 21.1. The summed E-state index contributed by atoms with van der Waals surface area (Å²) in [6, 6.07) is 18.1. The normalized spacial score (nSPS) is 11.0. The van der Waals surface area contributed by atoms with Crippen LogP contribution in [0.1, 0.15) is 46.6 Å². The van der Waals surface area contributed by atoms with Crippen LogP contribution in [0.25, 0.3) is 11.0 Å². The number of imidazole rings is 1. The zero-order valence-electron chi connectivity index (χ0n) is 20.0. The quantitative estimate of drug-likeness (QED) is 0.312. The second-order valence-corrected chi connectivity index (χ2v) is 8.65. The second-order valence-electron chi connectivity index (χ2n) is 8.65. The van der Waals surface area contributed by atoms with Gasteiger partial charge >= 0.3 is 0 Å². The molecule has 0 radical (unpaired) electrons. The number of hydrogen-bond donors (Lipinski definition) is 1. The van der Waals surface area contributed by atoms with Crippen LogP contribution in [0, 0.1) is 13.8 Å². The molecule has 4 rings (SSSR count). The lowest BCUT2D eigenvalue weighted by atomic mass is 10.1. The average molecular weight is 457 g/mol. The standard InChI is InChI=1S/C28H32N4O2/c1-21-17-22(2)19-24(18-21)34-16-6-5-15-32-26-11-4-3-10-25(26)31-27(32)12-8-14-30-28(33)23-9-7-13-29-20-23/h3-4,7,9-11,13,17-20H,5-6,8,12,14-16H2,1-2H3,(H,30,33). The lowest BCUT2D eigenvalue weighted by molar-refractivity contribution is 0.0952. The Bertz CT molecular complexity index is 1210. The minimum absolute atomic E-state index is 0.0922. The lowest BCUT2D eigenvalue weighted by Crippen LogP contribution is -2.25. The zero-order chi connectivity index (χ0) is 23.8. The van der Waals surface area contributed by atoms with E-state index in [1.54, 1.807) is 24.5 Å². The highest BCUT2D eigenvalue weighted by molar-refractivity contribution is 5.93. The number of carbonyl (C=O) groups excluding carboxylic acids is 1. The number of unbranched alkanes of at least 4 members (excludes halogenated alkanes) is 1. The van der Waals surface area contributed by atoms with Gasteiger partial charge in [-0.05, 0) is 80.6 Å². The molecule has 6 nitrogen and oxygen atoms in total. The van der Waals surface area contributed by atoms with Gasteiger partial charge in [-0.2, -0.15) is 0 Å². The number of carbonyl (C=O) groups is 1. The fourth-order valence-electron chi connectivity index (χ4n) is 4.19.